The Hall–Kier alpha value is -3.60. The second kappa shape index (κ2) is 8.82. The van der Waals surface area contributed by atoms with Gasteiger partial charge < -0.3 is 9.73 Å². The molecule has 0 spiro atoms. The van der Waals surface area contributed by atoms with Crippen LogP contribution in [0.5, 0.6) is 0 Å². The number of benzene rings is 2. The molecule has 0 saturated carbocycles. The topological polar surface area (TPSA) is 109 Å². The summed E-state index contributed by atoms with van der Waals surface area (Å²) in [6, 6.07) is 14.2. The molecular weight excluding hydrogens is 429 g/mol. The first kappa shape index (κ1) is 21.1. The normalized spacial score (nSPS) is 11.1. The smallest absolute Gasteiger partial charge is 0.288 e. The maximum Gasteiger partial charge on any atom is 0.288 e. The van der Waals surface area contributed by atoms with E-state index in [1.165, 1.54) is 18.2 Å². The molecule has 0 fully saturated rings. The summed E-state index contributed by atoms with van der Waals surface area (Å²) in [5.74, 6) is -0.0715. The van der Waals surface area contributed by atoms with E-state index in [0.717, 1.165) is 5.56 Å². The summed E-state index contributed by atoms with van der Waals surface area (Å²) in [6.07, 6.45) is 1.28. The van der Waals surface area contributed by atoms with Crippen molar-refractivity contribution in [2.75, 3.05) is 5.32 Å². The first-order valence-electron chi connectivity index (χ1n) is 8.52. The van der Waals surface area contributed by atoms with Crippen LogP contribution in [-0.2, 0) is 4.79 Å². The minimum Gasteiger partial charge on any atom is -0.457 e. The number of aryl methyl sites for hydroxylation is 1. The molecule has 0 aliphatic heterocycles. The van der Waals surface area contributed by atoms with E-state index in [0.29, 0.717) is 22.0 Å². The highest BCUT2D eigenvalue weighted by molar-refractivity contribution is 6.32. The molecule has 3 aromatic rings. The number of nitrogens with zero attached hydrogens (tertiary/aromatic N) is 2. The van der Waals surface area contributed by atoms with Crippen LogP contribution in [0.3, 0.4) is 0 Å². The zero-order valence-corrected chi connectivity index (χ0v) is 17.0. The van der Waals surface area contributed by atoms with Crippen molar-refractivity contribution in [3.8, 4) is 17.4 Å². The fourth-order valence-electron chi connectivity index (χ4n) is 2.55. The van der Waals surface area contributed by atoms with Crippen LogP contribution < -0.4 is 5.32 Å². The van der Waals surface area contributed by atoms with Gasteiger partial charge in [0.1, 0.15) is 28.2 Å². The first-order valence-corrected chi connectivity index (χ1v) is 9.27. The fourth-order valence-corrected chi connectivity index (χ4v) is 2.92. The predicted molar refractivity (Wildman–Crippen MR) is 114 cm³/mol. The summed E-state index contributed by atoms with van der Waals surface area (Å²) >= 11 is 11.9. The molecule has 150 valence electrons. The molecule has 1 N–H and O–H groups in total. The Labute approximate surface area is 181 Å². The van der Waals surface area contributed by atoms with Gasteiger partial charge in [-0.25, -0.2) is 0 Å². The zero-order chi connectivity index (χ0) is 21.8. The van der Waals surface area contributed by atoms with Crippen LogP contribution in [0, 0.1) is 28.4 Å². The molecule has 0 saturated heterocycles. The summed E-state index contributed by atoms with van der Waals surface area (Å²) in [5.41, 5.74) is 1.30. The second-order valence-electron chi connectivity index (χ2n) is 6.21. The number of nitrogens with one attached hydrogen (secondary N) is 1. The summed E-state index contributed by atoms with van der Waals surface area (Å²) in [5, 5.41) is 23.5. The molecule has 0 bridgehead atoms. The number of carbonyl (C=O) groups is 1. The van der Waals surface area contributed by atoms with Crippen LogP contribution in [0.25, 0.3) is 17.4 Å². The van der Waals surface area contributed by atoms with E-state index in [9.17, 15) is 20.2 Å². The van der Waals surface area contributed by atoms with Gasteiger partial charge in [-0.15, -0.1) is 0 Å². The quantitative estimate of drug-likeness (QED) is 0.225. The molecule has 7 nitrogen and oxygen atoms in total. The zero-order valence-electron chi connectivity index (χ0n) is 15.5. The minimum atomic E-state index is -0.627. The SMILES string of the molecule is Cc1ccc(NC(=O)C(C#N)=Cc2ccc(-c3ccc(Cl)c([N+](=O)[O-])c3)o2)cc1Cl. The standard InChI is InChI=1S/C21H13Cl2N3O4/c1-12-2-4-15(10-18(12)23)25-21(27)14(11-24)8-16-5-7-20(30-16)13-3-6-17(22)19(9-13)26(28)29/h2-10H,1H3,(H,25,27). The lowest BCUT2D eigenvalue weighted by atomic mass is 10.1. The third kappa shape index (κ3) is 4.69. The highest BCUT2D eigenvalue weighted by atomic mass is 35.5. The largest absolute Gasteiger partial charge is 0.457 e. The van der Waals surface area contributed by atoms with Gasteiger partial charge in [0.2, 0.25) is 0 Å². The molecule has 9 heteroatoms. The number of amides is 1. The minimum absolute atomic E-state index is 0.00933. The highest BCUT2D eigenvalue weighted by Crippen LogP contribution is 2.31. The van der Waals surface area contributed by atoms with E-state index in [2.05, 4.69) is 5.32 Å². The number of halogens is 2. The molecule has 0 aliphatic carbocycles. The maximum atomic E-state index is 12.4. The lowest BCUT2D eigenvalue weighted by Crippen LogP contribution is -2.13. The van der Waals surface area contributed by atoms with Crippen molar-refractivity contribution in [3.05, 3.63) is 85.6 Å². The van der Waals surface area contributed by atoms with Crippen molar-refractivity contribution in [2.45, 2.75) is 6.92 Å². The Balaban J connectivity index is 1.84. The van der Waals surface area contributed by atoms with Gasteiger partial charge in [0.05, 0.1) is 4.92 Å². The van der Waals surface area contributed by atoms with Gasteiger partial charge in [-0.05, 0) is 48.9 Å². The molecule has 1 aromatic heterocycles. The van der Waals surface area contributed by atoms with Crippen molar-refractivity contribution in [1.82, 2.24) is 0 Å². The van der Waals surface area contributed by atoms with Gasteiger partial charge in [0, 0.05) is 28.4 Å². The van der Waals surface area contributed by atoms with Crippen molar-refractivity contribution in [2.24, 2.45) is 0 Å². The van der Waals surface area contributed by atoms with Crippen molar-refractivity contribution >= 4 is 46.6 Å². The van der Waals surface area contributed by atoms with Crippen LogP contribution in [0.1, 0.15) is 11.3 Å². The third-order valence-corrected chi connectivity index (χ3v) is 4.86. The molecule has 30 heavy (non-hydrogen) atoms. The van der Waals surface area contributed by atoms with E-state index in [1.54, 1.807) is 36.4 Å². The number of anilines is 1. The number of rotatable bonds is 5. The summed E-state index contributed by atoms with van der Waals surface area (Å²) in [6.45, 7) is 1.83. The van der Waals surface area contributed by atoms with Gasteiger partial charge in [0.25, 0.3) is 11.6 Å². The van der Waals surface area contributed by atoms with E-state index in [4.69, 9.17) is 27.6 Å². The number of hydrogen-bond donors (Lipinski definition) is 1. The molecule has 0 atom stereocenters. The Bertz CT molecular complexity index is 1230. The predicted octanol–water partition coefficient (Wildman–Crippen LogP) is 6.02. The lowest BCUT2D eigenvalue weighted by molar-refractivity contribution is -0.384. The van der Waals surface area contributed by atoms with Crippen molar-refractivity contribution in [1.29, 1.82) is 5.26 Å². The fraction of sp³-hybridized carbons (Fsp3) is 0.0476. The van der Waals surface area contributed by atoms with Crippen molar-refractivity contribution in [3.63, 3.8) is 0 Å². The van der Waals surface area contributed by atoms with Crippen LogP contribution in [0.4, 0.5) is 11.4 Å². The van der Waals surface area contributed by atoms with Crippen LogP contribution in [0.2, 0.25) is 10.0 Å². The lowest BCUT2D eigenvalue weighted by Gasteiger charge is -2.06. The average molecular weight is 442 g/mol. The number of carbonyl (C=O) groups excluding carboxylic acids is 1. The number of nitriles is 1. The average Bonchev–Trinajstić information content (AvgIpc) is 3.17. The molecular formula is C21H13Cl2N3O4. The van der Waals surface area contributed by atoms with Gasteiger partial charge in [-0.3, -0.25) is 14.9 Å². The number of nitro benzene ring substituents is 1. The molecule has 1 heterocycles. The summed E-state index contributed by atoms with van der Waals surface area (Å²) < 4.78 is 5.62. The Kier molecular flexibility index (Phi) is 6.21. The first-order chi connectivity index (χ1) is 14.3. The molecule has 3 rings (SSSR count). The Morgan fingerprint density at radius 2 is 1.93 bits per heavy atom. The van der Waals surface area contributed by atoms with Crippen LogP contribution in [0.15, 0.2) is 58.5 Å². The van der Waals surface area contributed by atoms with Crippen LogP contribution >= 0.6 is 23.2 Å². The number of furan rings is 1. The molecule has 0 unspecified atom stereocenters. The summed E-state index contributed by atoms with van der Waals surface area (Å²) in [7, 11) is 0. The number of hydrogen-bond acceptors (Lipinski definition) is 5. The molecule has 1 amide bonds. The number of nitro groups is 1. The molecule has 0 radical (unpaired) electrons. The Morgan fingerprint density at radius 1 is 1.17 bits per heavy atom. The van der Waals surface area contributed by atoms with E-state index in [1.807, 2.05) is 13.0 Å². The maximum absolute atomic E-state index is 12.4. The summed E-state index contributed by atoms with van der Waals surface area (Å²) in [4.78, 5) is 22.9. The molecule has 2 aromatic carbocycles. The van der Waals surface area contributed by atoms with Crippen molar-refractivity contribution < 1.29 is 14.1 Å². The van der Waals surface area contributed by atoms with Gasteiger partial charge >= 0.3 is 0 Å². The van der Waals surface area contributed by atoms with E-state index < -0.39 is 10.8 Å². The van der Waals surface area contributed by atoms with Crippen LogP contribution in [-0.4, -0.2) is 10.8 Å². The highest BCUT2D eigenvalue weighted by Gasteiger charge is 2.16. The Morgan fingerprint density at radius 3 is 2.60 bits per heavy atom. The molecule has 0 aliphatic rings. The van der Waals surface area contributed by atoms with Gasteiger partial charge in [0.15, 0.2) is 0 Å². The third-order valence-electron chi connectivity index (χ3n) is 4.14. The van der Waals surface area contributed by atoms with Gasteiger partial charge in [-0.2, -0.15) is 5.26 Å². The second-order valence-corrected chi connectivity index (χ2v) is 7.03. The van der Waals surface area contributed by atoms with Gasteiger partial charge in [-0.1, -0.05) is 29.3 Å². The van der Waals surface area contributed by atoms with E-state index in [-0.39, 0.29) is 22.0 Å². The van der Waals surface area contributed by atoms with E-state index >= 15 is 0 Å². The monoisotopic (exact) mass is 441 g/mol.